The molecular weight excluding hydrogens is 476 g/mol. The summed E-state index contributed by atoms with van der Waals surface area (Å²) < 4.78 is 7.62. The lowest BCUT2D eigenvalue weighted by atomic mass is 10.2. The third-order valence-corrected chi connectivity index (χ3v) is 5.73. The fourth-order valence-corrected chi connectivity index (χ4v) is 3.93. The molecule has 1 saturated heterocycles. The van der Waals surface area contributed by atoms with Crippen LogP contribution in [0.4, 0.5) is 5.69 Å². The lowest BCUT2D eigenvalue weighted by molar-refractivity contribution is -0.136. The van der Waals surface area contributed by atoms with Gasteiger partial charge in [0.15, 0.2) is 0 Å². The molecule has 1 aliphatic rings. The van der Waals surface area contributed by atoms with Crippen molar-refractivity contribution in [1.29, 1.82) is 0 Å². The van der Waals surface area contributed by atoms with Crippen LogP contribution >= 0.6 is 15.9 Å². The maximum Gasteiger partial charge on any atom is 0.328 e. The molecule has 0 unspecified atom stereocenters. The summed E-state index contributed by atoms with van der Waals surface area (Å²) in [6, 6.07) is 14.4. The average Bonchev–Trinajstić information content (AvgIpc) is 3.41. The number of halogens is 1. The van der Waals surface area contributed by atoms with E-state index >= 15 is 0 Å². The van der Waals surface area contributed by atoms with Crippen LogP contribution in [0.5, 0.6) is 0 Å². The fourth-order valence-electron chi connectivity index (χ4n) is 3.55. The first-order valence-corrected chi connectivity index (χ1v) is 11.1. The molecule has 2 aromatic carbocycles. The van der Waals surface area contributed by atoms with Crippen molar-refractivity contribution >= 4 is 50.2 Å². The van der Waals surface area contributed by atoms with Gasteiger partial charge in [-0.1, -0.05) is 33.6 Å². The minimum atomic E-state index is -0.868. The summed E-state index contributed by atoms with van der Waals surface area (Å²) >= 11 is 3.42. The van der Waals surface area contributed by atoms with Gasteiger partial charge >= 0.3 is 11.8 Å². The molecule has 1 atom stereocenters. The van der Waals surface area contributed by atoms with Crippen LogP contribution in [0.15, 0.2) is 53.0 Å². The normalized spacial score (nSPS) is 15.5. The monoisotopic (exact) mass is 498 g/mol. The van der Waals surface area contributed by atoms with E-state index in [9.17, 15) is 14.4 Å². The van der Waals surface area contributed by atoms with Crippen LogP contribution in [0.3, 0.4) is 0 Å². The molecule has 2 heterocycles. The molecule has 32 heavy (non-hydrogen) atoms. The van der Waals surface area contributed by atoms with Crippen molar-refractivity contribution < 1.29 is 19.1 Å². The van der Waals surface area contributed by atoms with Crippen LogP contribution < -0.4 is 16.1 Å². The van der Waals surface area contributed by atoms with Crippen LogP contribution in [0, 0.1) is 6.92 Å². The topological polar surface area (TPSA) is 101 Å². The minimum Gasteiger partial charge on any atom is -0.376 e. The van der Waals surface area contributed by atoms with Gasteiger partial charge in [0.25, 0.3) is 5.91 Å². The first-order valence-electron chi connectivity index (χ1n) is 10.3. The van der Waals surface area contributed by atoms with E-state index in [1.165, 1.54) is 4.68 Å². The molecule has 3 amide bonds. The number of aryl methyl sites for hydroxylation is 1. The third-order valence-electron chi connectivity index (χ3n) is 5.24. The van der Waals surface area contributed by atoms with Crippen LogP contribution in [-0.4, -0.2) is 41.7 Å². The average molecular weight is 499 g/mol. The smallest absolute Gasteiger partial charge is 0.328 e. The highest BCUT2D eigenvalue weighted by Crippen LogP contribution is 2.24. The number of hydrogen-bond acceptors (Lipinski definition) is 4. The molecule has 4 rings (SSSR count). The number of anilines is 1. The Balaban J connectivity index is 1.56. The molecule has 0 saturated carbocycles. The zero-order valence-corrected chi connectivity index (χ0v) is 19.1. The Morgan fingerprint density at radius 2 is 1.88 bits per heavy atom. The molecular formula is C23H23BrN4O4. The molecule has 166 valence electrons. The van der Waals surface area contributed by atoms with E-state index in [2.05, 4.69) is 32.0 Å². The molecule has 0 bridgehead atoms. The van der Waals surface area contributed by atoms with E-state index < -0.39 is 17.7 Å². The van der Waals surface area contributed by atoms with Crippen molar-refractivity contribution in [1.82, 2.24) is 9.99 Å². The predicted octanol–water partition coefficient (Wildman–Crippen LogP) is 3.33. The number of nitrogens with zero attached hydrogens (tertiary/aromatic N) is 1. The zero-order valence-electron chi connectivity index (χ0n) is 17.5. The van der Waals surface area contributed by atoms with Crippen molar-refractivity contribution in [2.45, 2.75) is 25.9 Å². The molecule has 0 spiro atoms. The Hall–Kier alpha value is -3.17. The van der Waals surface area contributed by atoms with Crippen molar-refractivity contribution in [3.8, 4) is 0 Å². The highest BCUT2D eigenvalue weighted by Gasteiger charge is 2.22. The molecule has 1 aliphatic heterocycles. The molecule has 0 radical (unpaired) electrons. The summed E-state index contributed by atoms with van der Waals surface area (Å²) in [7, 11) is 0. The molecule has 0 aliphatic carbocycles. The second-order valence-corrected chi connectivity index (χ2v) is 8.59. The number of amides is 3. The first-order chi connectivity index (χ1) is 15.4. The summed E-state index contributed by atoms with van der Waals surface area (Å²) in [6.45, 7) is 2.89. The van der Waals surface area contributed by atoms with Gasteiger partial charge in [0.05, 0.1) is 11.6 Å². The largest absolute Gasteiger partial charge is 0.376 e. The SMILES string of the molecule is Cc1ccc(NC(=O)c2cc3cc(Br)ccc3n2NC(=O)C(=O)NC[C@H]2CCCO2)cc1. The number of hydrogen-bond donors (Lipinski definition) is 3. The number of ether oxygens (including phenoxy) is 1. The maximum absolute atomic E-state index is 13.0. The summed E-state index contributed by atoms with van der Waals surface area (Å²) in [4.78, 5) is 37.9. The van der Waals surface area contributed by atoms with Gasteiger partial charge in [0.1, 0.15) is 5.69 Å². The Labute approximate surface area is 193 Å². The summed E-state index contributed by atoms with van der Waals surface area (Å²) in [6.07, 6.45) is 1.71. The standard InChI is InChI=1S/C23H23BrN4O4/c1-14-4-7-17(8-5-14)26-21(29)20-12-15-11-16(24)6-9-19(15)28(20)27-23(31)22(30)25-13-18-3-2-10-32-18/h4-9,11-12,18H,2-3,10,13H2,1H3,(H,25,30)(H,26,29)(H,27,31)/t18-/m1/s1. The van der Waals surface area contributed by atoms with Gasteiger partial charge in [-0.15, -0.1) is 0 Å². The Bertz CT molecular complexity index is 1170. The fraction of sp³-hybridized carbons (Fsp3) is 0.261. The van der Waals surface area contributed by atoms with Gasteiger partial charge < -0.3 is 15.4 Å². The van der Waals surface area contributed by atoms with Gasteiger partial charge in [0.2, 0.25) is 0 Å². The number of benzene rings is 2. The maximum atomic E-state index is 13.0. The predicted molar refractivity (Wildman–Crippen MR) is 125 cm³/mol. The first kappa shape index (κ1) is 22.0. The van der Waals surface area contributed by atoms with Crippen molar-refractivity contribution in [3.63, 3.8) is 0 Å². The number of fused-ring (bicyclic) bond motifs is 1. The van der Waals surface area contributed by atoms with Crippen molar-refractivity contribution in [2.75, 3.05) is 23.9 Å². The van der Waals surface area contributed by atoms with E-state index in [0.717, 1.165) is 28.3 Å². The molecule has 3 aromatic rings. The third kappa shape index (κ3) is 5.00. The summed E-state index contributed by atoms with van der Waals surface area (Å²) in [5.41, 5.74) is 5.03. The summed E-state index contributed by atoms with van der Waals surface area (Å²) in [5, 5.41) is 6.15. The van der Waals surface area contributed by atoms with E-state index in [1.807, 2.05) is 25.1 Å². The van der Waals surface area contributed by atoms with Gasteiger partial charge in [-0.25, -0.2) is 4.68 Å². The van der Waals surface area contributed by atoms with E-state index in [0.29, 0.717) is 17.8 Å². The van der Waals surface area contributed by atoms with Gasteiger partial charge in [-0.05, 0) is 56.2 Å². The highest BCUT2D eigenvalue weighted by molar-refractivity contribution is 9.10. The van der Waals surface area contributed by atoms with E-state index in [4.69, 9.17) is 4.74 Å². The second-order valence-electron chi connectivity index (χ2n) is 7.67. The van der Waals surface area contributed by atoms with E-state index in [1.54, 1.807) is 30.3 Å². The van der Waals surface area contributed by atoms with Gasteiger partial charge in [-0.3, -0.25) is 19.8 Å². The Morgan fingerprint density at radius 3 is 2.59 bits per heavy atom. The molecule has 3 N–H and O–H groups in total. The van der Waals surface area contributed by atoms with Gasteiger partial charge in [-0.2, -0.15) is 0 Å². The number of rotatable bonds is 5. The van der Waals surface area contributed by atoms with Crippen LogP contribution in [0.1, 0.15) is 28.9 Å². The second kappa shape index (κ2) is 9.54. The number of carbonyl (C=O) groups excluding carboxylic acids is 3. The van der Waals surface area contributed by atoms with Crippen LogP contribution in [0.25, 0.3) is 10.9 Å². The molecule has 1 aromatic heterocycles. The molecule has 1 fully saturated rings. The minimum absolute atomic E-state index is 0.0765. The quantitative estimate of drug-likeness (QED) is 0.469. The Morgan fingerprint density at radius 1 is 1.09 bits per heavy atom. The zero-order chi connectivity index (χ0) is 22.7. The molecule has 9 heteroatoms. The van der Waals surface area contributed by atoms with Crippen LogP contribution in [0.2, 0.25) is 0 Å². The summed E-state index contributed by atoms with van der Waals surface area (Å²) in [5.74, 6) is -2.07. The number of nitrogens with one attached hydrogen (secondary N) is 3. The number of aromatic nitrogens is 1. The Kier molecular flexibility index (Phi) is 6.57. The van der Waals surface area contributed by atoms with Crippen molar-refractivity contribution in [3.05, 3.63) is 64.3 Å². The highest BCUT2D eigenvalue weighted by atomic mass is 79.9. The van der Waals surface area contributed by atoms with Crippen LogP contribution in [-0.2, 0) is 14.3 Å². The van der Waals surface area contributed by atoms with Crippen molar-refractivity contribution in [2.24, 2.45) is 0 Å². The number of carbonyl (C=O) groups is 3. The lowest BCUT2D eigenvalue weighted by Crippen LogP contribution is -2.42. The van der Waals surface area contributed by atoms with E-state index in [-0.39, 0.29) is 18.3 Å². The van der Waals surface area contributed by atoms with Gasteiger partial charge in [0, 0.05) is 28.7 Å². The molecule has 8 nitrogen and oxygen atoms in total. The lowest BCUT2D eigenvalue weighted by Gasteiger charge is -2.14.